The van der Waals surface area contributed by atoms with Gasteiger partial charge in [-0.3, -0.25) is 14.6 Å². The predicted molar refractivity (Wildman–Crippen MR) is 153 cm³/mol. The molecule has 3 amide bonds. The summed E-state index contributed by atoms with van der Waals surface area (Å²) < 4.78 is 20.2. The molecule has 0 unspecified atom stereocenters. The number of halogens is 2. The molecule has 39 heavy (non-hydrogen) atoms. The van der Waals surface area contributed by atoms with Crippen LogP contribution in [0.3, 0.4) is 0 Å². The lowest BCUT2D eigenvalue weighted by Gasteiger charge is -2.30. The van der Waals surface area contributed by atoms with Crippen molar-refractivity contribution in [2.45, 2.75) is 6.42 Å². The van der Waals surface area contributed by atoms with E-state index >= 15 is 0 Å². The normalized spacial score (nSPS) is 13.8. The molecule has 1 aliphatic heterocycles. The second-order valence-corrected chi connectivity index (χ2v) is 10.5. The van der Waals surface area contributed by atoms with E-state index in [9.17, 15) is 14.0 Å². The molecule has 0 atom stereocenters. The van der Waals surface area contributed by atoms with Crippen LogP contribution >= 0.6 is 22.9 Å². The Morgan fingerprint density at radius 1 is 1.05 bits per heavy atom. The number of carbonyl (C=O) groups excluding carboxylic acids is 2. The molecule has 5 rings (SSSR count). The van der Waals surface area contributed by atoms with Gasteiger partial charge in [-0.25, -0.2) is 14.2 Å². The maximum Gasteiger partial charge on any atom is 0.326 e. The molecular formula is C28H27ClFN5O3S. The third-order valence-electron chi connectivity index (χ3n) is 6.32. The highest BCUT2D eigenvalue weighted by molar-refractivity contribution is 7.22. The topological polar surface area (TPSA) is 86.8 Å². The Kier molecular flexibility index (Phi) is 8.67. The lowest BCUT2D eigenvalue weighted by atomic mass is 10.1. The van der Waals surface area contributed by atoms with Gasteiger partial charge in [-0.2, -0.15) is 0 Å². The van der Waals surface area contributed by atoms with Gasteiger partial charge in [0.2, 0.25) is 5.91 Å². The molecule has 4 aromatic rings. The van der Waals surface area contributed by atoms with Gasteiger partial charge in [0.05, 0.1) is 29.9 Å². The monoisotopic (exact) mass is 567 g/mol. The summed E-state index contributed by atoms with van der Waals surface area (Å²) in [6, 6.07) is 18.4. The highest BCUT2D eigenvalue weighted by Crippen LogP contribution is 2.30. The van der Waals surface area contributed by atoms with Gasteiger partial charge in [-0.15, -0.1) is 0 Å². The number of rotatable bonds is 8. The fourth-order valence-corrected chi connectivity index (χ4v) is 5.29. The molecule has 202 valence electrons. The summed E-state index contributed by atoms with van der Waals surface area (Å²) in [5, 5.41) is 6.71. The van der Waals surface area contributed by atoms with Crippen LogP contribution in [-0.4, -0.2) is 61.2 Å². The first-order valence-electron chi connectivity index (χ1n) is 12.5. The smallest absolute Gasteiger partial charge is 0.326 e. The van der Waals surface area contributed by atoms with Crippen LogP contribution in [-0.2, 0) is 16.0 Å². The molecule has 0 bridgehead atoms. The summed E-state index contributed by atoms with van der Waals surface area (Å²) in [5.41, 5.74) is 2.35. The molecule has 0 radical (unpaired) electrons. The van der Waals surface area contributed by atoms with E-state index < -0.39 is 5.82 Å². The zero-order chi connectivity index (χ0) is 27.2. The molecule has 1 aliphatic rings. The van der Waals surface area contributed by atoms with Gasteiger partial charge in [0.25, 0.3) is 0 Å². The van der Waals surface area contributed by atoms with E-state index in [1.165, 1.54) is 17.4 Å². The number of urea groups is 1. The zero-order valence-corrected chi connectivity index (χ0v) is 22.6. The minimum absolute atomic E-state index is 0.0893. The van der Waals surface area contributed by atoms with Gasteiger partial charge >= 0.3 is 6.03 Å². The number of anilines is 3. The third kappa shape index (κ3) is 7.10. The lowest BCUT2D eigenvalue weighted by molar-refractivity contribution is -0.115. The summed E-state index contributed by atoms with van der Waals surface area (Å²) in [5.74, 6) is -0.774. The fourth-order valence-electron chi connectivity index (χ4n) is 4.25. The number of benzene rings is 3. The first-order valence-corrected chi connectivity index (χ1v) is 13.7. The van der Waals surface area contributed by atoms with Crippen LogP contribution in [0.15, 0.2) is 66.7 Å². The van der Waals surface area contributed by atoms with Crippen LogP contribution in [0.5, 0.6) is 0 Å². The molecule has 1 fully saturated rings. The molecule has 11 heteroatoms. The van der Waals surface area contributed by atoms with E-state index in [1.54, 1.807) is 47.4 Å². The number of aromatic nitrogens is 1. The maximum atomic E-state index is 13.9. The molecule has 1 saturated heterocycles. The third-order valence-corrected chi connectivity index (χ3v) is 7.51. The number of thiazole rings is 1. The van der Waals surface area contributed by atoms with Gasteiger partial charge in [-0.1, -0.05) is 41.1 Å². The summed E-state index contributed by atoms with van der Waals surface area (Å²) in [6.07, 6.45) is -0.0893. The molecular weight excluding hydrogens is 541 g/mol. The van der Waals surface area contributed by atoms with E-state index in [4.69, 9.17) is 16.3 Å². The largest absolute Gasteiger partial charge is 0.379 e. The van der Waals surface area contributed by atoms with Crippen molar-refractivity contribution in [1.82, 2.24) is 9.88 Å². The quantitative estimate of drug-likeness (QED) is 0.288. The Labute approximate surface area is 234 Å². The Hall–Kier alpha value is -3.57. The van der Waals surface area contributed by atoms with Gasteiger partial charge in [0, 0.05) is 42.6 Å². The number of morpholine rings is 1. The van der Waals surface area contributed by atoms with Crippen molar-refractivity contribution >= 4 is 61.6 Å². The molecule has 0 spiro atoms. The van der Waals surface area contributed by atoms with Crippen molar-refractivity contribution in [3.05, 3.63) is 83.1 Å². The van der Waals surface area contributed by atoms with Gasteiger partial charge in [-0.05, 0) is 54.1 Å². The first-order chi connectivity index (χ1) is 18.9. The van der Waals surface area contributed by atoms with Gasteiger partial charge < -0.3 is 15.4 Å². The SMILES string of the molecule is O=C(Cc1ccccc1F)Nc1nc2ccc(N(CCN3CCOCC3)C(=O)Nc3ccc(Cl)cc3)cc2s1. The number of hydrogen-bond donors (Lipinski definition) is 2. The van der Waals surface area contributed by atoms with E-state index in [0.29, 0.717) is 58.9 Å². The van der Waals surface area contributed by atoms with Crippen LogP contribution in [0.4, 0.5) is 25.7 Å². The number of nitrogens with zero attached hydrogens (tertiary/aromatic N) is 3. The summed E-state index contributed by atoms with van der Waals surface area (Å²) >= 11 is 7.29. The van der Waals surface area contributed by atoms with Crippen molar-refractivity contribution in [2.75, 3.05) is 54.9 Å². The van der Waals surface area contributed by atoms with E-state index in [0.717, 1.165) is 17.8 Å². The lowest BCUT2D eigenvalue weighted by Crippen LogP contribution is -2.44. The molecule has 2 heterocycles. The Morgan fingerprint density at radius 2 is 1.82 bits per heavy atom. The molecule has 1 aromatic heterocycles. The van der Waals surface area contributed by atoms with Crippen molar-refractivity contribution < 1.29 is 18.7 Å². The number of fused-ring (bicyclic) bond motifs is 1. The van der Waals surface area contributed by atoms with Crippen molar-refractivity contribution in [1.29, 1.82) is 0 Å². The molecule has 3 aromatic carbocycles. The van der Waals surface area contributed by atoms with Crippen molar-refractivity contribution in [3.63, 3.8) is 0 Å². The van der Waals surface area contributed by atoms with Crippen LogP contribution in [0.1, 0.15) is 5.56 Å². The van der Waals surface area contributed by atoms with E-state index in [2.05, 4.69) is 20.5 Å². The number of carbonyl (C=O) groups is 2. The van der Waals surface area contributed by atoms with Gasteiger partial charge in [0.1, 0.15) is 5.82 Å². The minimum Gasteiger partial charge on any atom is -0.379 e. The maximum absolute atomic E-state index is 13.9. The fraction of sp³-hybridized carbons (Fsp3) is 0.250. The number of nitrogens with one attached hydrogen (secondary N) is 2. The molecule has 0 aliphatic carbocycles. The molecule has 0 saturated carbocycles. The van der Waals surface area contributed by atoms with E-state index in [-0.39, 0.29) is 18.4 Å². The van der Waals surface area contributed by atoms with Crippen LogP contribution in [0.25, 0.3) is 10.2 Å². The summed E-state index contributed by atoms with van der Waals surface area (Å²) in [4.78, 5) is 34.4. The highest BCUT2D eigenvalue weighted by Gasteiger charge is 2.20. The number of ether oxygens (including phenoxy) is 1. The Balaban J connectivity index is 1.33. The van der Waals surface area contributed by atoms with Crippen LogP contribution in [0, 0.1) is 5.82 Å². The summed E-state index contributed by atoms with van der Waals surface area (Å²) in [7, 11) is 0. The Morgan fingerprint density at radius 3 is 2.59 bits per heavy atom. The van der Waals surface area contributed by atoms with Crippen LogP contribution in [0.2, 0.25) is 5.02 Å². The van der Waals surface area contributed by atoms with Gasteiger partial charge in [0.15, 0.2) is 5.13 Å². The zero-order valence-electron chi connectivity index (χ0n) is 21.0. The first kappa shape index (κ1) is 27.0. The highest BCUT2D eigenvalue weighted by atomic mass is 35.5. The Bertz CT molecular complexity index is 1460. The van der Waals surface area contributed by atoms with Crippen LogP contribution < -0.4 is 15.5 Å². The molecule has 8 nitrogen and oxygen atoms in total. The number of hydrogen-bond acceptors (Lipinski definition) is 6. The van der Waals surface area contributed by atoms with Crippen molar-refractivity contribution in [2.24, 2.45) is 0 Å². The average Bonchev–Trinajstić information content (AvgIpc) is 3.33. The minimum atomic E-state index is -0.421. The number of amides is 3. The predicted octanol–water partition coefficient (Wildman–Crippen LogP) is 5.64. The summed E-state index contributed by atoms with van der Waals surface area (Å²) in [6.45, 7) is 4.14. The van der Waals surface area contributed by atoms with Crippen molar-refractivity contribution in [3.8, 4) is 0 Å². The standard InChI is InChI=1S/C28H27ClFN5O3S/c29-20-5-7-21(8-6-20)31-28(37)35(12-11-34-13-15-38-16-14-34)22-9-10-24-25(18-22)39-27(32-24)33-26(36)17-19-3-1-2-4-23(19)30/h1-10,18H,11-17H2,(H,31,37)(H,32,33,36). The average molecular weight is 568 g/mol. The second kappa shape index (κ2) is 12.5. The molecule has 2 N–H and O–H groups in total. The van der Waals surface area contributed by atoms with E-state index in [1.807, 2.05) is 18.2 Å². The second-order valence-electron chi connectivity index (χ2n) is 9.03.